The average Bonchev–Trinajstić information content (AvgIpc) is 3.21. The summed E-state index contributed by atoms with van der Waals surface area (Å²) < 4.78 is 43.6. The first kappa shape index (κ1) is 19.3. The molecule has 0 bridgehead atoms. The molecule has 0 fully saturated rings. The molecule has 0 aliphatic carbocycles. The topological polar surface area (TPSA) is 94.1 Å². The van der Waals surface area contributed by atoms with Gasteiger partial charge in [-0.15, -0.1) is 0 Å². The fourth-order valence-electron chi connectivity index (χ4n) is 2.82. The number of aliphatic hydroxyl groups excluding tert-OH is 1. The SMILES string of the molecule is O=S(=O)(NCC(O)c1ccc2c(c1)OCO2)c1ccc(Oc2ccccc2)cc1. The lowest BCUT2D eigenvalue weighted by Gasteiger charge is -2.13. The number of hydrogen-bond acceptors (Lipinski definition) is 6. The van der Waals surface area contributed by atoms with E-state index in [0.29, 0.717) is 28.6 Å². The number of hydrogen-bond donors (Lipinski definition) is 2. The van der Waals surface area contributed by atoms with Gasteiger partial charge in [-0.2, -0.15) is 0 Å². The van der Waals surface area contributed by atoms with Crippen molar-refractivity contribution in [1.82, 2.24) is 4.72 Å². The zero-order valence-electron chi connectivity index (χ0n) is 15.3. The van der Waals surface area contributed by atoms with Crippen molar-refractivity contribution in [1.29, 1.82) is 0 Å². The molecule has 7 nitrogen and oxygen atoms in total. The van der Waals surface area contributed by atoms with Gasteiger partial charge in [-0.05, 0) is 54.1 Å². The normalized spacial score (nSPS) is 13.8. The van der Waals surface area contributed by atoms with Crippen LogP contribution in [0.2, 0.25) is 0 Å². The van der Waals surface area contributed by atoms with Crippen LogP contribution in [0.1, 0.15) is 11.7 Å². The van der Waals surface area contributed by atoms with E-state index >= 15 is 0 Å². The lowest BCUT2D eigenvalue weighted by molar-refractivity contribution is 0.172. The number of nitrogens with one attached hydrogen (secondary N) is 1. The summed E-state index contributed by atoms with van der Waals surface area (Å²) in [5, 5.41) is 10.3. The Hall–Kier alpha value is -3.07. The Kier molecular flexibility index (Phi) is 5.39. The molecule has 1 heterocycles. The third-order valence-electron chi connectivity index (χ3n) is 4.36. The van der Waals surface area contributed by atoms with E-state index in [-0.39, 0.29) is 18.2 Å². The third-order valence-corrected chi connectivity index (χ3v) is 5.80. The highest BCUT2D eigenvalue weighted by atomic mass is 32.2. The van der Waals surface area contributed by atoms with Crippen LogP contribution in [-0.2, 0) is 10.0 Å². The highest BCUT2D eigenvalue weighted by Crippen LogP contribution is 2.34. The Balaban J connectivity index is 1.39. The van der Waals surface area contributed by atoms with Gasteiger partial charge in [0, 0.05) is 6.54 Å². The molecule has 0 saturated carbocycles. The van der Waals surface area contributed by atoms with Crippen LogP contribution in [0.15, 0.2) is 77.7 Å². The van der Waals surface area contributed by atoms with E-state index < -0.39 is 16.1 Å². The van der Waals surface area contributed by atoms with Gasteiger partial charge >= 0.3 is 0 Å². The highest BCUT2D eigenvalue weighted by Gasteiger charge is 2.20. The van der Waals surface area contributed by atoms with E-state index in [1.54, 1.807) is 30.3 Å². The number of sulfonamides is 1. The first-order valence-electron chi connectivity index (χ1n) is 8.91. The van der Waals surface area contributed by atoms with Crippen molar-refractivity contribution >= 4 is 10.0 Å². The van der Waals surface area contributed by atoms with Crippen molar-refractivity contribution in [3.8, 4) is 23.0 Å². The Bertz CT molecular complexity index is 1080. The second-order valence-electron chi connectivity index (χ2n) is 6.37. The smallest absolute Gasteiger partial charge is 0.240 e. The van der Waals surface area contributed by atoms with Gasteiger partial charge in [-0.3, -0.25) is 0 Å². The van der Waals surface area contributed by atoms with Crippen molar-refractivity contribution in [2.45, 2.75) is 11.0 Å². The number of fused-ring (bicyclic) bond motifs is 1. The molecule has 29 heavy (non-hydrogen) atoms. The predicted molar refractivity (Wildman–Crippen MR) is 106 cm³/mol. The van der Waals surface area contributed by atoms with E-state index in [1.165, 1.54) is 12.1 Å². The minimum atomic E-state index is -3.79. The molecule has 1 atom stereocenters. The van der Waals surface area contributed by atoms with Crippen molar-refractivity contribution in [2.75, 3.05) is 13.3 Å². The quantitative estimate of drug-likeness (QED) is 0.618. The van der Waals surface area contributed by atoms with Crippen molar-refractivity contribution in [2.24, 2.45) is 0 Å². The molecule has 0 radical (unpaired) electrons. The second kappa shape index (κ2) is 8.12. The van der Waals surface area contributed by atoms with E-state index in [2.05, 4.69) is 4.72 Å². The third kappa shape index (κ3) is 4.51. The second-order valence-corrected chi connectivity index (χ2v) is 8.13. The van der Waals surface area contributed by atoms with Gasteiger partial charge in [0.2, 0.25) is 16.8 Å². The number of para-hydroxylation sites is 1. The molecule has 1 aliphatic rings. The van der Waals surface area contributed by atoms with Gasteiger partial charge < -0.3 is 19.3 Å². The summed E-state index contributed by atoms with van der Waals surface area (Å²) in [7, 11) is -3.79. The van der Waals surface area contributed by atoms with Crippen LogP contribution in [0.25, 0.3) is 0 Å². The van der Waals surface area contributed by atoms with Crippen LogP contribution in [-0.4, -0.2) is 26.9 Å². The number of aliphatic hydroxyl groups is 1. The Morgan fingerprint density at radius 1 is 0.931 bits per heavy atom. The van der Waals surface area contributed by atoms with Gasteiger partial charge in [0.1, 0.15) is 11.5 Å². The van der Waals surface area contributed by atoms with Crippen molar-refractivity contribution in [3.05, 3.63) is 78.4 Å². The van der Waals surface area contributed by atoms with Gasteiger partial charge in [-0.1, -0.05) is 24.3 Å². The summed E-state index contributed by atoms with van der Waals surface area (Å²) in [6, 6.07) is 20.2. The fraction of sp³-hybridized carbons (Fsp3) is 0.143. The maximum Gasteiger partial charge on any atom is 0.240 e. The van der Waals surface area contributed by atoms with Gasteiger partial charge in [0.25, 0.3) is 0 Å². The van der Waals surface area contributed by atoms with Gasteiger partial charge in [-0.25, -0.2) is 13.1 Å². The molecule has 2 N–H and O–H groups in total. The molecule has 3 aromatic carbocycles. The van der Waals surface area contributed by atoms with Crippen molar-refractivity contribution < 1.29 is 27.7 Å². The molecule has 1 aliphatic heterocycles. The Labute approximate surface area is 168 Å². The zero-order valence-corrected chi connectivity index (χ0v) is 16.1. The van der Waals surface area contributed by atoms with Crippen LogP contribution in [0, 0.1) is 0 Å². The Morgan fingerprint density at radius 2 is 1.62 bits per heavy atom. The Morgan fingerprint density at radius 3 is 2.38 bits per heavy atom. The largest absolute Gasteiger partial charge is 0.457 e. The molecule has 1 unspecified atom stereocenters. The van der Waals surface area contributed by atoms with Gasteiger partial charge in [0.15, 0.2) is 11.5 Å². The highest BCUT2D eigenvalue weighted by molar-refractivity contribution is 7.89. The van der Waals surface area contributed by atoms with Crippen LogP contribution >= 0.6 is 0 Å². The van der Waals surface area contributed by atoms with Crippen LogP contribution < -0.4 is 18.9 Å². The molecule has 4 rings (SSSR count). The fourth-order valence-corrected chi connectivity index (χ4v) is 3.86. The zero-order chi connectivity index (χ0) is 20.3. The lowest BCUT2D eigenvalue weighted by Crippen LogP contribution is -2.28. The van der Waals surface area contributed by atoms with Crippen LogP contribution in [0.5, 0.6) is 23.0 Å². The minimum absolute atomic E-state index is 0.0794. The van der Waals surface area contributed by atoms with Crippen molar-refractivity contribution in [3.63, 3.8) is 0 Å². The maximum atomic E-state index is 12.5. The number of benzene rings is 3. The summed E-state index contributed by atoms with van der Waals surface area (Å²) in [5.74, 6) is 2.31. The summed E-state index contributed by atoms with van der Waals surface area (Å²) in [4.78, 5) is 0.0794. The predicted octanol–water partition coefficient (Wildman–Crippen LogP) is 3.22. The minimum Gasteiger partial charge on any atom is -0.457 e. The van der Waals surface area contributed by atoms with E-state index in [9.17, 15) is 13.5 Å². The molecule has 150 valence electrons. The molecule has 3 aromatic rings. The maximum absolute atomic E-state index is 12.5. The number of ether oxygens (including phenoxy) is 3. The average molecular weight is 413 g/mol. The molecule has 0 spiro atoms. The van der Waals surface area contributed by atoms with Crippen LogP contribution in [0.3, 0.4) is 0 Å². The summed E-state index contributed by atoms with van der Waals surface area (Å²) in [6.07, 6.45) is -1.03. The summed E-state index contributed by atoms with van der Waals surface area (Å²) in [6.45, 7) is -0.0459. The molecule has 0 amide bonds. The molecular weight excluding hydrogens is 394 g/mol. The summed E-state index contributed by atoms with van der Waals surface area (Å²) in [5.41, 5.74) is 0.531. The standard InChI is InChI=1S/C21H19NO6S/c23-19(15-6-11-20-21(12-15)27-14-26-20)13-22-29(24,25)18-9-7-17(8-10-18)28-16-4-2-1-3-5-16/h1-12,19,22-23H,13-14H2. The van der Waals surface area contributed by atoms with E-state index in [0.717, 1.165) is 0 Å². The van der Waals surface area contributed by atoms with Crippen LogP contribution in [0.4, 0.5) is 0 Å². The summed E-state index contributed by atoms with van der Waals surface area (Å²) >= 11 is 0. The molecule has 0 aromatic heterocycles. The molecule has 0 saturated heterocycles. The van der Waals surface area contributed by atoms with E-state index in [1.807, 2.05) is 30.3 Å². The lowest BCUT2D eigenvalue weighted by atomic mass is 10.1. The first-order valence-corrected chi connectivity index (χ1v) is 10.4. The molecular formula is C21H19NO6S. The monoisotopic (exact) mass is 413 g/mol. The first-order chi connectivity index (χ1) is 14.0. The van der Waals surface area contributed by atoms with Gasteiger partial charge in [0.05, 0.1) is 11.0 Å². The molecule has 8 heteroatoms. The number of rotatable bonds is 7. The van der Waals surface area contributed by atoms with E-state index in [4.69, 9.17) is 14.2 Å².